The lowest BCUT2D eigenvalue weighted by Gasteiger charge is -2.04. The van der Waals surface area contributed by atoms with Gasteiger partial charge in [-0.25, -0.2) is 8.78 Å². The van der Waals surface area contributed by atoms with E-state index in [4.69, 9.17) is 0 Å². The molecule has 0 saturated heterocycles. The molecule has 0 unspecified atom stereocenters. The largest absolute Gasteiger partial charge is 0.308 e. The van der Waals surface area contributed by atoms with E-state index in [0.29, 0.717) is 28.7 Å². The zero-order chi connectivity index (χ0) is 14.0. The summed E-state index contributed by atoms with van der Waals surface area (Å²) in [5.41, 5.74) is 0.695. The van der Waals surface area contributed by atoms with Gasteiger partial charge in [0.25, 0.3) is 0 Å². The number of aryl methyl sites for hydroxylation is 1. The van der Waals surface area contributed by atoms with Crippen LogP contribution >= 0.6 is 11.3 Å². The van der Waals surface area contributed by atoms with E-state index in [0.717, 1.165) is 11.1 Å². The number of aromatic nitrogens is 2. The molecule has 0 aliphatic carbocycles. The lowest BCUT2D eigenvalue weighted by atomic mass is 10.1. The fourth-order valence-electron chi connectivity index (χ4n) is 1.55. The Hall–Kier alpha value is -1.40. The molecule has 1 N–H and O–H groups in total. The summed E-state index contributed by atoms with van der Waals surface area (Å²) in [7, 11) is 0. The molecule has 0 atom stereocenters. The van der Waals surface area contributed by atoms with Crippen molar-refractivity contribution in [1.82, 2.24) is 15.5 Å². The molecule has 6 heteroatoms. The predicted octanol–water partition coefficient (Wildman–Crippen LogP) is 3.29. The van der Waals surface area contributed by atoms with E-state index in [2.05, 4.69) is 15.5 Å². The monoisotopic (exact) mass is 283 g/mol. The molecule has 0 aliphatic heterocycles. The smallest absolute Gasteiger partial charge is 0.150 e. The highest BCUT2D eigenvalue weighted by Crippen LogP contribution is 2.28. The van der Waals surface area contributed by atoms with E-state index in [1.165, 1.54) is 17.4 Å². The van der Waals surface area contributed by atoms with Crippen LogP contribution in [0.4, 0.5) is 8.78 Å². The van der Waals surface area contributed by atoms with Crippen LogP contribution in [-0.4, -0.2) is 16.2 Å². The molecule has 2 rings (SSSR count). The van der Waals surface area contributed by atoms with Gasteiger partial charge in [-0.15, -0.1) is 10.2 Å². The quantitative estimate of drug-likeness (QED) is 0.935. The average molecular weight is 283 g/mol. The predicted molar refractivity (Wildman–Crippen MR) is 72.0 cm³/mol. The van der Waals surface area contributed by atoms with Crippen molar-refractivity contribution in [3.63, 3.8) is 0 Å². The fraction of sp³-hybridized carbons (Fsp3) is 0.385. The zero-order valence-corrected chi connectivity index (χ0v) is 11.8. The zero-order valence-electron chi connectivity index (χ0n) is 11.0. The first-order chi connectivity index (χ1) is 8.97. The first-order valence-corrected chi connectivity index (χ1v) is 6.81. The van der Waals surface area contributed by atoms with Crippen LogP contribution in [0.25, 0.3) is 10.6 Å². The van der Waals surface area contributed by atoms with E-state index < -0.39 is 11.6 Å². The summed E-state index contributed by atoms with van der Waals surface area (Å²) in [4.78, 5) is 0. The van der Waals surface area contributed by atoms with E-state index >= 15 is 0 Å². The van der Waals surface area contributed by atoms with Crippen molar-refractivity contribution in [2.45, 2.75) is 33.4 Å². The standard InChI is InChI=1S/C13H15F2N3S/c1-7(2)16-6-12-17-18-13(19-12)9-4-8(3)10(14)5-11(9)15/h4-5,7,16H,6H2,1-3H3. The van der Waals surface area contributed by atoms with Gasteiger partial charge in [-0.3, -0.25) is 0 Å². The molecule has 2 aromatic rings. The second kappa shape index (κ2) is 5.71. The maximum atomic E-state index is 13.7. The van der Waals surface area contributed by atoms with Crippen molar-refractivity contribution < 1.29 is 8.78 Å². The fourth-order valence-corrected chi connectivity index (χ4v) is 2.35. The Kier molecular flexibility index (Phi) is 4.21. The molecule has 1 aromatic heterocycles. The molecular weight excluding hydrogens is 268 g/mol. The highest BCUT2D eigenvalue weighted by molar-refractivity contribution is 7.14. The van der Waals surface area contributed by atoms with Crippen LogP contribution in [0.15, 0.2) is 12.1 Å². The molecule has 102 valence electrons. The van der Waals surface area contributed by atoms with Gasteiger partial charge in [0.05, 0.1) is 0 Å². The molecular formula is C13H15F2N3S. The topological polar surface area (TPSA) is 37.8 Å². The Balaban J connectivity index is 2.25. The number of rotatable bonds is 4. The van der Waals surface area contributed by atoms with Gasteiger partial charge in [-0.05, 0) is 18.6 Å². The van der Waals surface area contributed by atoms with Crippen molar-refractivity contribution >= 4 is 11.3 Å². The third-order valence-electron chi connectivity index (χ3n) is 2.61. The minimum atomic E-state index is -0.609. The molecule has 0 spiro atoms. The normalized spacial score (nSPS) is 11.3. The number of hydrogen-bond donors (Lipinski definition) is 1. The Morgan fingerprint density at radius 1 is 1.21 bits per heavy atom. The number of halogens is 2. The second-order valence-corrected chi connectivity index (χ2v) is 5.68. The SMILES string of the molecule is Cc1cc(-c2nnc(CNC(C)C)s2)c(F)cc1F. The lowest BCUT2D eigenvalue weighted by molar-refractivity contribution is 0.579. The van der Waals surface area contributed by atoms with Crippen molar-refractivity contribution in [3.05, 3.63) is 34.3 Å². The molecule has 19 heavy (non-hydrogen) atoms. The van der Waals surface area contributed by atoms with E-state index in [-0.39, 0.29) is 0 Å². The molecule has 0 saturated carbocycles. The maximum absolute atomic E-state index is 13.7. The minimum Gasteiger partial charge on any atom is -0.308 e. The van der Waals surface area contributed by atoms with Crippen LogP contribution in [0.5, 0.6) is 0 Å². The van der Waals surface area contributed by atoms with Crippen LogP contribution in [-0.2, 0) is 6.54 Å². The van der Waals surface area contributed by atoms with Crippen LogP contribution in [0.1, 0.15) is 24.4 Å². The molecule has 0 radical (unpaired) electrons. The molecule has 0 amide bonds. The Bertz CT molecular complexity index is 581. The Morgan fingerprint density at radius 3 is 2.63 bits per heavy atom. The first-order valence-electron chi connectivity index (χ1n) is 5.99. The van der Waals surface area contributed by atoms with Gasteiger partial charge >= 0.3 is 0 Å². The summed E-state index contributed by atoms with van der Waals surface area (Å²) in [6, 6.07) is 2.69. The van der Waals surface area contributed by atoms with Gasteiger partial charge in [0.1, 0.15) is 16.6 Å². The number of nitrogens with one attached hydrogen (secondary N) is 1. The maximum Gasteiger partial charge on any atom is 0.150 e. The summed E-state index contributed by atoms with van der Waals surface area (Å²) in [5, 5.41) is 12.4. The molecule has 1 aromatic carbocycles. The summed E-state index contributed by atoms with van der Waals surface area (Å²) in [6.07, 6.45) is 0. The number of hydrogen-bond acceptors (Lipinski definition) is 4. The van der Waals surface area contributed by atoms with Crippen molar-refractivity contribution in [1.29, 1.82) is 0 Å². The van der Waals surface area contributed by atoms with Crippen molar-refractivity contribution in [3.8, 4) is 10.6 Å². The van der Waals surface area contributed by atoms with Crippen molar-refractivity contribution in [2.75, 3.05) is 0 Å². The van der Waals surface area contributed by atoms with Crippen LogP contribution in [0.3, 0.4) is 0 Å². The Labute approximate surface area is 114 Å². The third-order valence-corrected chi connectivity index (χ3v) is 3.56. The van der Waals surface area contributed by atoms with Crippen LogP contribution in [0.2, 0.25) is 0 Å². The molecule has 0 aliphatic rings. The highest BCUT2D eigenvalue weighted by atomic mass is 32.1. The molecule has 0 bridgehead atoms. The first kappa shape index (κ1) is 14.0. The molecule has 0 fully saturated rings. The van der Waals surface area contributed by atoms with Gasteiger partial charge in [0.15, 0.2) is 5.01 Å². The van der Waals surface area contributed by atoms with Gasteiger partial charge in [-0.2, -0.15) is 0 Å². The third kappa shape index (κ3) is 3.33. The summed E-state index contributed by atoms with van der Waals surface area (Å²) < 4.78 is 26.9. The number of benzene rings is 1. The molecule has 1 heterocycles. The van der Waals surface area contributed by atoms with Gasteiger partial charge < -0.3 is 5.32 Å². The Morgan fingerprint density at radius 2 is 1.95 bits per heavy atom. The minimum absolute atomic E-state index is 0.298. The number of nitrogens with zero attached hydrogens (tertiary/aromatic N) is 2. The highest BCUT2D eigenvalue weighted by Gasteiger charge is 2.14. The summed E-state index contributed by atoms with van der Waals surface area (Å²) >= 11 is 1.31. The van der Waals surface area contributed by atoms with E-state index in [1.807, 2.05) is 13.8 Å². The molecule has 3 nitrogen and oxygen atoms in total. The second-order valence-electron chi connectivity index (χ2n) is 4.62. The average Bonchev–Trinajstić information content (AvgIpc) is 2.80. The van der Waals surface area contributed by atoms with Gasteiger partial charge in [-0.1, -0.05) is 25.2 Å². The summed E-state index contributed by atoms with van der Waals surface area (Å²) in [6.45, 7) is 6.26. The summed E-state index contributed by atoms with van der Waals surface area (Å²) in [5.74, 6) is -1.16. The lowest BCUT2D eigenvalue weighted by Crippen LogP contribution is -2.21. The van der Waals surface area contributed by atoms with E-state index in [1.54, 1.807) is 6.92 Å². The van der Waals surface area contributed by atoms with Crippen LogP contribution < -0.4 is 5.32 Å². The van der Waals surface area contributed by atoms with Crippen LogP contribution in [0, 0.1) is 18.6 Å². The van der Waals surface area contributed by atoms with Gasteiger partial charge in [0.2, 0.25) is 0 Å². The van der Waals surface area contributed by atoms with Crippen molar-refractivity contribution in [2.24, 2.45) is 0 Å². The van der Waals surface area contributed by atoms with Gasteiger partial charge in [0, 0.05) is 24.2 Å². The van der Waals surface area contributed by atoms with E-state index in [9.17, 15) is 8.78 Å².